The van der Waals surface area contributed by atoms with Gasteiger partial charge in [0.25, 0.3) is 0 Å². The van der Waals surface area contributed by atoms with Crippen LogP contribution in [0.4, 0.5) is 0 Å². The van der Waals surface area contributed by atoms with E-state index in [1.807, 2.05) is 6.07 Å². The van der Waals surface area contributed by atoms with Crippen LogP contribution in [-0.4, -0.2) is 34.8 Å². The Bertz CT molecular complexity index is 572. The van der Waals surface area contributed by atoms with Crippen LogP contribution in [0.15, 0.2) is 12.3 Å². The van der Waals surface area contributed by atoms with Crippen molar-refractivity contribution in [3.63, 3.8) is 0 Å². The van der Waals surface area contributed by atoms with Crippen molar-refractivity contribution in [2.24, 2.45) is 12.5 Å². The zero-order chi connectivity index (χ0) is 12.7. The van der Waals surface area contributed by atoms with E-state index in [0.29, 0.717) is 5.69 Å². The summed E-state index contributed by atoms with van der Waals surface area (Å²) in [6.45, 7) is 0. The molecule has 0 amide bonds. The molecule has 1 aliphatic heterocycles. The van der Waals surface area contributed by atoms with Crippen LogP contribution in [0.3, 0.4) is 0 Å². The largest absolute Gasteiger partial charge is 0.385 e. The van der Waals surface area contributed by atoms with Crippen LogP contribution in [0, 0.1) is 16.7 Å². The lowest BCUT2D eigenvalue weighted by atomic mass is 9.81. The van der Waals surface area contributed by atoms with Crippen molar-refractivity contribution >= 4 is 9.84 Å². The van der Waals surface area contributed by atoms with Crippen molar-refractivity contribution < 1.29 is 13.5 Å². The average molecular weight is 255 g/mol. The summed E-state index contributed by atoms with van der Waals surface area (Å²) in [5.41, 5.74) is -0.782. The second kappa shape index (κ2) is 3.82. The van der Waals surface area contributed by atoms with Crippen LogP contribution in [0.1, 0.15) is 18.2 Å². The molecule has 1 aliphatic rings. The van der Waals surface area contributed by atoms with Gasteiger partial charge in [-0.1, -0.05) is 0 Å². The second-order valence-corrected chi connectivity index (χ2v) is 6.58. The smallest absolute Gasteiger partial charge is 0.152 e. The highest BCUT2D eigenvalue weighted by Crippen LogP contribution is 2.42. The molecule has 1 N–H and O–H groups in total. The molecule has 2 heterocycles. The van der Waals surface area contributed by atoms with E-state index in [-0.39, 0.29) is 17.9 Å². The lowest BCUT2D eigenvalue weighted by Crippen LogP contribution is -2.30. The van der Waals surface area contributed by atoms with Crippen LogP contribution in [-0.2, 0) is 16.9 Å². The number of rotatable bonds is 2. The van der Waals surface area contributed by atoms with Crippen molar-refractivity contribution in [2.45, 2.75) is 12.5 Å². The molecule has 1 aromatic heterocycles. The Morgan fingerprint density at radius 1 is 1.71 bits per heavy atom. The molecule has 6 nitrogen and oxygen atoms in total. The summed E-state index contributed by atoms with van der Waals surface area (Å²) in [6, 6.07) is 3.57. The summed E-state index contributed by atoms with van der Waals surface area (Å²) >= 11 is 0. The minimum Gasteiger partial charge on any atom is -0.385 e. The quantitative estimate of drug-likeness (QED) is 0.788. The van der Waals surface area contributed by atoms with Crippen molar-refractivity contribution in [2.75, 3.05) is 11.5 Å². The fourth-order valence-corrected chi connectivity index (χ4v) is 4.15. The molecule has 17 heavy (non-hydrogen) atoms. The van der Waals surface area contributed by atoms with Crippen LogP contribution < -0.4 is 0 Å². The van der Waals surface area contributed by atoms with Gasteiger partial charge in [0.15, 0.2) is 9.84 Å². The Morgan fingerprint density at radius 3 is 2.82 bits per heavy atom. The Morgan fingerprint density at radius 2 is 2.41 bits per heavy atom. The zero-order valence-electron chi connectivity index (χ0n) is 9.37. The number of hydrogen-bond donors (Lipinski definition) is 1. The van der Waals surface area contributed by atoms with Gasteiger partial charge in [-0.2, -0.15) is 10.4 Å². The van der Waals surface area contributed by atoms with E-state index in [4.69, 9.17) is 0 Å². The van der Waals surface area contributed by atoms with Crippen molar-refractivity contribution in [1.29, 1.82) is 5.26 Å². The molecule has 0 saturated carbocycles. The first-order valence-electron chi connectivity index (χ1n) is 5.18. The van der Waals surface area contributed by atoms with E-state index < -0.39 is 21.4 Å². The van der Waals surface area contributed by atoms with Gasteiger partial charge < -0.3 is 5.11 Å². The van der Waals surface area contributed by atoms with Crippen molar-refractivity contribution in [1.82, 2.24) is 9.78 Å². The molecule has 0 aromatic carbocycles. The first kappa shape index (κ1) is 12.1. The Labute approximate surface area is 99.4 Å². The summed E-state index contributed by atoms with van der Waals surface area (Å²) in [5, 5.41) is 23.3. The molecule has 1 fully saturated rings. The van der Waals surface area contributed by atoms with Gasteiger partial charge in [-0.3, -0.25) is 4.68 Å². The van der Waals surface area contributed by atoms with Gasteiger partial charge in [-0.05, 0) is 12.5 Å². The molecule has 2 unspecified atom stereocenters. The summed E-state index contributed by atoms with van der Waals surface area (Å²) < 4.78 is 24.4. The van der Waals surface area contributed by atoms with Gasteiger partial charge in [0.2, 0.25) is 0 Å². The first-order valence-corrected chi connectivity index (χ1v) is 7.00. The number of nitriles is 1. The molecule has 0 aliphatic carbocycles. The molecule has 0 radical (unpaired) electrons. The number of aliphatic hydroxyl groups excluding tert-OH is 1. The van der Waals surface area contributed by atoms with Gasteiger partial charge in [-0.15, -0.1) is 0 Å². The normalized spacial score (nSPS) is 28.8. The predicted octanol–water partition coefficient (Wildman–Crippen LogP) is -0.218. The minimum absolute atomic E-state index is 0.0462. The Balaban J connectivity index is 2.39. The Kier molecular flexibility index (Phi) is 2.72. The maximum absolute atomic E-state index is 11.5. The molecule has 1 aromatic rings. The minimum atomic E-state index is -3.23. The van der Waals surface area contributed by atoms with Crippen LogP contribution in [0.2, 0.25) is 0 Å². The molecule has 92 valence electrons. The Hall–Kier alpha value is -1.39. The third-order valence-corrected chi connectivity index (χ3v) is 5.00. The van der Waals surface area contributed by atoms with Crippen LogP contribution >= 0.6 is 0 Å². The topological polar surface area (TPSA) is 96.0 Å². The van der Waals surface area contributed by atoms with Gasteiger partial charge in [-0.25, -0.2) is 8.42 Å². The number of nitrogens with zero attached hydrogens (tertiary/aromatic N) is 3. The number of aryl methyl sites for hydroxylation is 1. The molecule has 2 atom stereocenters. The van der Waals surface area contributed by atoms with Gasteiger partial charge in [0.05, 0.1) is 23.3 Å². The number of hydrogen-bond acceptors (Lipinski definition) is 5. The third-order valence-electron chi connectivity index (χ3n) is 3.22. The number of sulfone groups is 1. The first-order chi connectivity index (χ1) is 7.90. The molecule has 7 heteroatoms. The average Bonchev–Trinajstić information content (AvgIpc) is 2.82. The zero-order valence-corrected chi connectivity index (χ0v) is 10.2. The molecule has 1 saturated heterocycles. The highest BCUT2D eigenvalue weighted by atomic mass is 32.2. The summed E-state index contributed by atoms with van der Waals surface area (Å²) in [5.74, 6) is -0.335. The highest BCUT2D eigenvalue weighted by Gasteiger charge is 2.49. The molecule has 0 bridgehead atoms. The molecular weight excluding hydrogens is 242 g/mol. The van der Waals surface area contributed by atoms with Gasteiger partial charge in [0.1, 0.15) is 11.5 Å². The van der Waals surface area contributed by atoms with Crippen LogP contribution in [0.25, 0.3) is 0 Å². The SMILES string of the molecule is Cn1nccc1C(O)C1(C#N)CCS(=O)(=O)C1. The standard InChI is InChI=1S/C10H13N3O3S/c1-13-8(2-4-12-13)9(14)10(6-11)3-5-17(15,16)7-10/h2,4,9,14H,3,5,7H2,1H3. The summed E-state index contributed by atoms with van der Waals surface area (Å²) in [4.78, 5) is 0. The van der Waals surface area contributed by atoms with Crippen molar-refractivity contribution in [3.05, 3.63) is 18.0 Å². The molecule has 0 spiro atoms. The highest BCUT2D eigenvalue weighted by molar-refractivity contribution is 7.91. The maximum Gasteiger partial charge on any atom is 0.152 e. The van der Waals surface area contributed by atoms with E-state index in [9.17, 15) is 18.8 Å². The van der Waals surface area contributed by atoms with E-state index in [1.165, 1.54) is 10.9 Å². The number of aliphatic hydroxyl groups is 1. The van der Waals surface area contributed by atoms with E-state index in [1.54, 1.807) is 13.1 Å². The fraction of sp³-hybridized carbons (Fsp3) is 0.600. The fourth-order valence-electron chi connectivity index (χ4n) is 2.17. The van der Waals surface area contributed by atoms with Gasteiger partial charge in [0, 0.05) is 13.2 Å². The summed E-state index contributed by atoms with van der Waals surface area (Å²) in [7, 11) is -1.58. The molecule has 2 rings (SSSR count). The van der Waals surface area contributed by atoms with E-state index in [0.717, 1.165) is 0 Å². The monoisotopic (exact) mass is 255 g/mol. The molecular formula is C10H13N3O3S. The summed E-state index contributed by atoms with van der Waals surface area (Å²) in [6.07, 6.45) is 0.544. The lowest BCUT2D eigenvalue weighted by Gasteiger charge is -2.25. The van der Waals surface area contributed by atoms with Gasteiger partial charge >= 0.3 is 0 Å². The third kappa shape index (κ3) is 1.94. The number of aromatic nitrogens is 2. The predicted molar refractivity (Wildman–Crippen MR) is 59.5 cm³/mol. The van der Waals surface area contributed by atoms with Crippen LogP contribution in [0.5, 0.6) is 0 Å². The van der Waals surface area contributed by atoms with E-state index >= 15 is 0 Å². The van der Waals surface area contributed by atoms with E-state index in [2.05, 4.69) is 5.10 Å². The second-order valence-electron chi connectivity index (χ2n) is 4.39. The van der Waals surface area contributed by atoms with Crippen molar-refractivity contribution in [3.8, 4) is 6.07 Å². The maximum atomic E-state index is 11.5. The lowest BCUT2D eigenvalue weighted by molar-refractivity contribution is 0.0718.